The van der Waals surface area contributed by atoms with E-state index < -0.39 is 0 Å². The number of nitrogens with zero attached hydrogens (tertiary/aromatic N) is 2. The summed E-state index contributed by atoms with van der Waals surface area (Å²) in [5, 5.41) is 0. The van der Waals surface area contributed by atoms with Crippen molar-refractivity contribution >= 4 is 17.9 Å². The lowest BCUT2D eigenvalue weighted by Gasteiger charge is -2.21. The summed E-state index contributed by atoms with van der Waals surface area (Å²) in [5.41, 5.74) is 1.84. The number of carbonyl (C=O) groups is 2. The summed E-state index contributed by atoms with van der Waals surface area (Å²) in [6, 6.07) is 7.89. The van der Waals surface area contributed by atoms with E-state index in [1.807, 2.05) is 64.2 Å². The maximum Gasteiger partial charge on any atom is 0.253 e. The SMILES string of the molecule is C=C/C=C\C=O.CC(C)N(C)C(=O)c1ccc(N(C)C)cc1. The number of hydrogen-bond acceptors (Lipinski definition) is 3. The molecule has 0 unspecified atom stereocenters. The van der Waals surface area contributed by atoms with Crippen LogP contribution in [0.15, 0.2) is 49.1 Å². The summed E-state index contributed by atoms with van der Waals surface area (Å²) in [6.07, 6.45) is 5.22. The van der Waals surface area contributed by atoms with Crippen LogP contribution in [-0.4, -0.2) is 44.3 Å². The van der Waals surface area contributed by atoms with Crippen LogP contribution in [-0.2, 0) is 4.79 Å². The topological polar surface area (TPSA) is 40.6 Å². The number of amides is 1. The zero-order chi connectivity index (χ0) is 17.1. The maximum atomic E-state index is 12.0. The molecule has 0 heterocycles. The first-order valence-electron chi connectivity index (χ1n) is 7.12. The second-order valence-corrected chi connectivity index (χ2v) is 5.21. The quantitative estimate of drug-likeness (QED) is 0.476. The van der Waals surface area contributed by atoms with Crippen molar-refractivity contribution in [3.05, 3.63) is 54.6 Å². The normalized spacial score (nSPS) is 9.91. The third-order valence-electron chi connectivity index (χ3n) is 3.05. The molecule has 0 saturated carbocycles. The minimum atomic E-state index is 0.0697. The van der Waals surface area contributed by atoms with Gasteiger partial charge in [-0.3, -0.25) is 9.59 Å². The lowest BCUT2D eigenvalue weighted by molar-refractivity contribution is -0.104. The summed E-state index contributed by atoms with van der Waals surface area (Å²) in [7, 11) is 5.79. The standard InChI is InChI=1S/C13H20N2O.C5H6O/c1-10(2)15(5)13(16)11-6-8-12(9-7-11)14(3)4;1-2-3-4-5-6/h6-10H,1-5H3;2-5H,1H2/b;4-3-. The Labute approximate surface area is 133 Å². The fraction of sp³-hybridized carbons (Fsp3) is 0.333. The molecule has 0 bridgehead atoms. The Morgan fingerprint density at radius 3 is 1.95 bits per heavy atom. The van der Waals surface area contributed by atoms with Gasteiger partial charge >= 0.3 is 0 Å². The summed E-state index contributed by atoms with van der Waals surface area (Å²) in [5.74, 6) is 0.0697. The second kappa shape index (κ2) is 10.4. The van der Waals surface area contributed by atoms with Gasteiger partial charge in [0.25, 0.3) is 5.91 Å². The van der Waals surface area contributed by atoms with E-state index in [-0.39, 0.29) is 11.9 Å². The highest BCUT2D eigenvalue weighted by Gasteiger charge is 2.13. The van der Waals surface area contributed by atoms with Crippen molar-refractivity contribution in [1.29, 1.82) is 0 Å². The molecular weight excluding hydrogens is 276 g/mol. The number of hydrogen-bond donors (Lipinski definition) is 0. The Hall–Kier alpha value is -2.36. The van der Waals surface area contributed by atoms with Crippen molar-refractivity contribution in [2.45, 2.75) is 19.9 Å². The number of benzene rings is 1. The summed E-state index contributed by atoms with van der Waals surface area (Å²) >= 11 is 0. The highest BCUT2D eigenvalue weighted by atomic mass is 16.2. The van der Waals surface area contributed by atoms with Gasteiger partial charge in [-0.25, -0.2) is 0 Å². The first kappa shape index (κ1) is 19.6. The van der Waals surface area contributed by atoms with E-state index in [4.69, 9.17) is 0 Å². The summed E-state index contributed by atoms with van der Waals surface area (Å²) in [4.78, 5) is 25.2. The van der Waals surface area contributed by atoms with Crippen molar-refractivity contribution in [2.75, 3.05) is 26.0 Å². The van der Waals surface area contributed by atoms with Gasteiger partial charge in [-0.15, -0.1) is 0 Å². The molecule has 0 aliphatic carbocycles. The van der Waals surface area contributed by atoms with Crippen LogP contribution < -0.4 is 4.90 Å². The first-order chi connectivity index (χ1) is 10.3. The lowest BCUT2D eigenvalue weighted by Crippen LogP contribution is -2.32. The number of anilines is 1. The Morgan fingerprint density at radius 1 is 1.09 bits per heavy atom. The number of rotatable bonds is 5. The van der Waals surface area contributed by atoms with Gasteiger partial charge in [0.2, 0.25) is 0 Å². The van der Waals surface area contributed by atoms with E-state index in [9.17, 15) is 9.59 Å². The van der Waals surface area contributed by atoms with Gasteiger partial charge in [0, 0.05) is 38.4 Å². The Morgan fingerprint density at radius 2 is 1.64 bits per heavy atom. The molecule has 1 aromatic carbocycles. The summed E-state index contributed by atoms with van der Waals surface area (Å²) in [6.45, 7) is 7.36. The average Bonchev–Trinajstić information content (AvgIpc) is 2.52. The molecule has 22 heavy (non-hydrogen) atoms. The molecule has 0 atom stereocenters. The molecule has 0 aliphatic heterocycles. The van der Waals surface area contributed by atoms with E-state index in [1.165, 1.54) is 6.08 Å². The molecule has 1 rings (SSSR count). The van der Waals surface area contributed by atoms with E-state index in [0.717, 1.165) is 11.3 Å². The third kappa shape index (κ3) is 6.88. The molecule has 4 heteroatoms. The zero-order valence-corrected chi connectivity index (χ0v) is 14.1. The average molecular weight is 302 g/mol. The first-order valence-corrected chi connectivity index (χ1v) is 7.12. The third-order valence-corrected chi connectivity index (χ3v) is 3.05. The van der Waals surface area contributed by atoms with E-state index >= 15 is 0 Å². The van der Waals surface area contributed by atoms with Crippen LogP contribution in [0.25, 0.3) is 0 Å². The monoisotopic (exact) mass is 302 g/mol. The fourth-order valence-electron chi connectivity index (χ4n) is 1.46. The zero-order valence-electron chi connectivity index (χ0n) is 14.1. The van der Waals surface area contributed by atoms with Gasteiger partial charge < -0.3 is 9.80 Å². The molecule has 120 valence electrons. The molecule has 0 fully saturated rings. The highest BCUT2D eigenvalue weighted by Crippen LogP contribution is 2.14. The van der Waals surface area contributed by atoms with Gasteiger partial charge in [-0.05, 0) is 44.2 Å². The van der Waals surface area contributed by atoms with Crippen molar-refractivity contribution in [3.8, 4) is 0 Å². The molecule has 0 aromatic heterocycles. The maximum absolute atomic E-state index is 12.0. The van der Waals surface area contributed by atoms with Crippen molar-refractivity contribution in [1.82, 2.24) is 4.90 Å². The van der Waals surface area contributed by atoms with Gasteiger partial charge in [-0.2, -0.15) is 0 Å². The van der Waals surface area contributed by atoms with Gasteiger partial charge in [0.1, 0.15) is 6.29 Å². The van der Waals surface area contributed by atoms with Crippen LogP contribution in [0, 0.1) is 0 Å². The second-order valence-electron chi connectivity index (χ2n) is 5.21. The molecule has 1 aromatic rings. The van der Waals surface area contributed by atoms with Crippen LogP contribution in [0.1, 0.15) is 24.2 Å². The van der Waals surface area contributed by atoms with E-state index in [0.29, 0.717) is 6.29 Å². The van der Waals surface area contributed by atoms with Crippen LogP contribution in [0.3, 0.4) is 0 Å². The Balaban J connectivity index is 0.000000626. The predicted molar refractivity (Wildman–Crippen MR) is 93.4 cm³/mol. The molecule has 4 nitrogen and oxygen atoms in total. The minimum absolute atomic E-state index is 0.0697. The van der Waals surface area contributed by atoms with Crippen LogP contribution in [0.2, 0.25) is 0 Å². The van der Waals surface area contributed by atoms with Crippen molar-refractivity contribution in [2.24, 2.45) is 0 Å². The van der Waals surface area contributed by atoms with Crippen molar-refractivity contribution in [3.63, 3.8) is 0 Å². The highest BCUT2D eigenvalue weighted by molar-refractivity contribution is 5.94. The van der Waals surface area contributed by atoms with E-state index in [1.54, 1.807) is 17.1 Å². The molecule has 0 N–H and O–H groups in total. The van der Waals surface area contributed by atoms with Crippen LogP contribution in [0.5, 0.6) is 0 Å². The molecule has 0 radical (unpaired) electrons. The number of allylic oxidation sites excluding steroid dienone is 3. The van der Waals surface area contributed by atoms with Gasteiger partial charge in [-0.1, -0.05) is 18.7 Å². The Kier molecular flexibility index (Phi) is 9.27. The minimum Gasteiger partial charge on any atom is -0.378 e. The molecule has 0 spiro atoms. The van der Waals surface area contributed by atoms with Crippen LogP contribution >= 0.6 is 0 Å². The van der Waals surface area contributed by atoms with Gasteiger partial charge in [0.05, 0.1) is 0 Å². The molecule has 0 saturated heterocycles. The lowest BCUT2D eigenvalue weighted by atomic mass is 10.1. The summed E-state index contributed by atoms with van der Waals surface area (Å²) < 4.78 is 0. The van der Waals surface area contributed by atoms with Crippen molar-refractivity contribution < 1.29 is 9.59 Å². The van der Waals surface area contributed by atoms with Gasteiger partial charge in [0.15, 0.2) is 0 Å². The molecule has 0 aliphatic rings. The largest absolute Gasteiger partial charge is 0.378 e. The van der Waals surface area contributed by atoms with E-state index in [2.05, 4.69) is 6.58 Å². The Bertz CT molecular complexity index is 492. The number of carbonyl (C=O) groups excluding carboxylic acids is 2. The smallest absolute Gasteiger partial charge is 0.253 e. The fourth-order valence-corrected chi connectivity index (χ4v) is 1.46. The van der Waals surface area contributed by atoms with Crippen LogP contribution in [0.4, 0.5) is 5.69 Å². The molecular formula is C18H26N2O2. The predicted octanol–water partition coefficient (Wildman–Crippen LogP) is 3.16. The molecule has 1 amide bonds. The number of aldehydes is 1.